The molecule has 1 N–H and O–H groups in total. The van der Waals surface area contributed by atoms with E-state index in [0.717, 1.165) is 4.47 Å². The molecule has 0 spiro atoms. The molecule has 2 unspecified atom stereocenters. The maximum atomic E-state index is 12.3. The van der Waals surface area contributed by atoms with E-state index < -0.39 is 17.4 Å². The highest BCUT2D eigenvalue weighted by Crippen LogP contribution is 2.24. The van der Waals surface area contributed by atoms with Gasteiger partial charge in [0.2, 0.25) is 0 Å². The Hall–Kier alpha value is -0.530. The highest BCUT2D eigenvalue weighted by atomic mass is 79.9. The summed E-state index contributed by atoms with van der Waals surface area (Å²) < 4.78 is 41.0. The van der Waals surface area contributed by atoms with E-state index in [1.165, 1.54) is 6.07 Å². The molecule has 0 aliphatic rings. The van der Waals surface area contributed by atoms with E-state index in [0.29, 0.717) is 18.7 Å². The zero-order valence-corrected chi connectivity index (χ0v) is 13.1. The zero-order chi connectivity index (χ0) is 14.4. The van der Waals surface area contributed by atoms with Crippen LogP contribution >= 0.6 is 15.9 Å². The topological polar surface area (TPSA) is 38.3 Å². The number of hydrogen-bond acceptors (Lipinski definition) is 3. The van der Waals surface area contributed by atoms with Gasteiger partial charge < -0.3 is 10.1 Å². The normalized spacial score (nSPS) is 14.4. The summed E-state index contributed by atoms with van der Waals surface area (Å²) in [5.74, 6) is 0.149. The molecule has 0 aliphatic heterocycles. The van der Waals surface area contributed by atoms with Gasteiger partial charge in [0, 0.05) is 45.4 Å². The maximum Gasteiger partial charge on any atom is 0.387 e. The Kier molecular flexibility index (Phi) is 6.88. The fraction of sp³-hybridized carbons (Fsp3) is 0.500. The molecule has 2 atom stereocenters. The Morgan fingerprint density at radius 2 is 2.16 bits per heavy atom. The minimum absolute atomic E-state index is 0.00613. The van der Waals surface area contributed by atoms with Crippen LogP contribution in [0.25, 0.3) is 0 Å². The quantitative estimate of drug-likeness (QED) is 0.817. The number of rotatable bonds is 7. The fourth-order valence-corrected chi connectivity index (χ4v) is 2.19. The van der Waals surface area contributed by atoms with E-state index >= 15 is 0 Å². The molecular weight excluding hydrogens is 340 g/mol. The highest BCUT2D eigenvalue weighted by molar-refractivity contribution is 9.10. The van der Waals surface area contributed by atoms with Crippen molar-refractivity contribution in [1.29, 1.82) is 0 Å². The zero-order valence-electron chi connectivity index (χ0n) is 10.7. The van der Waals surface area contributed by atoms with E-state index in [1.807, 2.05) is 6.92 Å². The van der Waals surface area contributed by atoms with Gasteiger partial charge in [0.1, 0.15) is 5.75 Å². The first-order chi connectivity index (χ1) is 8.90. The van der Waals surface area contributed by atoms with Crippen LogP contribution in [0.4, 0.5) is 8.78 Å². The van der Waals surface area contributed by atoms with Crippen molar-refractivity contribution in [3.8, 4) is 5.75 Å². The Balaban J connectivity index is 2.65. The third-order valence-electron chi connectivity index (χ3n) is 2.55. The smallest absolute Gasteiger partial charge is 0.387 e. The van der Waals surface area contributed by atoms with Gasteiger partial charge >= 0.3 is 6.61 Å². The number of hydrogen-bond donors (Lipinski definition) is 1. The van der Waals surface area contributed by atoms with Crippen LogP contribution < -0.4 is 10.1 Å². The monoisotopic (exact) mass is 355 g/mol. The maximum absolute atomic E-state index is 12.3. The lowest BCUT2D eigenvalue weighted by molar-refractivity contribution is -0.0505. The Morgan fingerprint density at radius 3 is 2.74 bits per heavy atom. The second-order valence-corrected chi connectivity index (χ2v) is 6.79. The first-order valence-electron chi connectivity index (χ1n) is 5.66. The van der Waals surface area contributed by atoms with Crippen molar-refractivity contribution in [2.75, 3.05) is 12.8 Å². The van der Waals surface area contributed by atoms with E-state index in [4.69, 9.17) is 0 Å². The summed E-state index contributed by atoms with van der Waals surface area (Å²) in [6.07, 6.45) is 1.64. The standard InChI is InChI=1S/C12H16BrF2NO2S/c1-8(19(2)17)6-16-7-9-5-10(13)3-4-11(9)18-12(14)15/h3-5,8,12,16H,6-7H2,1-2H3. The molecule has 0 heterocycles. The number of halogens is 3. The van der Waals surface area contributed by atoms with E-state index in [-0.39, 0.29) is 11.0 Å². The highest BCUT2D eigenvalue weighted by Gasteiger charge is 2.11. The van der Waals surface area contributed by atoms with Crippen molar-refractivity contribution in [3.63, 3.8) is 0 Å². The average molecular weight is 356 g/mol. The summed E-state index contributed by atoms with van der Waals surface area (Å²) in [5, 5.41) is 3.09. The molecular formula is C12H16BrF2NO2S. The first kappa shape index (κ1) is 16.5. The van der Waals surface area contributed by atoms with Gasteiger partial charge in [-0.05, 0) is 25.1 Å². The molecule has 7 heteroatoms. The van der Waals surface area contributed by atoms with Crippen molar-refractivity contribution >= 4 is 26.7 Å². The van der Waals surface area contributed by atoms with Crippen molar-refractivity contribution < 1.29 is 17.7 Å². The van der Waals surface area contributed by atoms with E-state index in [9.17, 15) is 13.0 Å². The molecule has 0 saturated carbocycles. The summed E-state index contributed by atoms with van der Waals surface area (Å²) in [4.78, 5) is 0. The molecule has 1 rings (SSSR count). The molecule has 0 radical (unpaired) electrons. The Bertz CT molecular complexity index is 446. The third kappa shape index (κ3) is 5.97. The van der Waals surface area contributed by atoms with Gasteiger partial charge in [-0.3, -0.25) is 4.21 Å². The lowest BCUT2D eigenvalue weighted by atomic mass is 10.2. The molecule has 1 aromatic carbocycles. The van der Waals surface area contributed by atoms with Crippen LogP contribution in [0.5, 0.6) is 5.75 Å². The third-order valence-corrected chi connectivity index (χ3v) is 4.35. The van der Waals surface area contributed by atoms with Gasteiger partial charge in [-0.1, -0.05) is 15.9 Å². The minimum Gasteiger partial charge on any atom is -0.434 e. The van der Waals surface area contributed by atoms with Gasteiger partial charge in [-0.2, -0.15) is 8.78 Å². The van der Waals surface area contributed by atoms with Crippen LogP contribution in [0.2, 0.25) is 0 Å². The van der Waals surface area contributed by atoms with Gasteiger partial charge in [0.05, 0.1) is 0 Å². The van der Waals surface area contributed by atoms with Gasteiger partial charge in [-0.25, -0.2) is 0 Å². The summed E-state index contributed by atoms with van der Waals surface area (Å²) in [5.41, 5.74) is 0.628. The number of ether oxygens (including phenoxy) is 1. The lowest BCUT2D eigenvalue weighted by Gasteiger charge is -2.13. The molecule has 0 saturated heterocycles. The number of nitrogens with one attached hydrogen (secondary N) is 1. The molecule has 0 aliphatic carbocycles. The molecule has 3 nitrogen and oxygen atoms in total. The van der Waals surface area contributed by atoms with Crippen molar-refractivity contribution in [3.05, 3.63) is 28.2 Å². The Labute approximate surface area is 122 Å². The Morgan fingerprint density at radius 1 is 1.47 bits per heavy atom. The van der Waals surface area contributed by atoms with Crippen LogP contribution in [-0.2, 0) is 17.3 Å². The fourth-order valence-electron chi connectivity index (χ4n) is 1.42. The number of benzene rings is 1. The first-order valence-corrected chi connectivity index (χ1v) is 8.07. The van der Waals surface area contributed by atoms with Gasteiger partial charge in [0.25, 0.3) is 0 Å². The van der Waals surface area contributed by atoms with Crippen LogP contribution in [0.1, 0.15) is 12.5 Å². The molecule has 0 bridgehead atoms. The summed E-state index contributed by atoms with van der Waals surface area (Å²) in [6.45, 7) is -0.0603. The molecule has 1 aromatic rings. The second-order valence-electron chi connectivity index (χ2n) is 4.07. The van der Waals surface area contributed by atoms with Gasteiger partial charge in [0.15, 0.2) is 0 Å². The molecule has 0 amide bonds. The average Bonchev–Trinajstić information content (AvgIpc) is 2.31. The van der Waals surface area contributed by atoms with E-state index in [2.05, 4.69) is 26.0 Å². The van der Waals surface area contributed by atoms with Crippen molar-refractivity contribution in [2.24, 2.45) is 0 Å². The second kappa shape index (κ2) is 7.91. The summed E-state index contributed by atoms with van der Waals surface area (Å²) in [6, 6.07) is 4.86. The van der Waals surface area contributed by atoms with E-state index in [1.54, 1.807) is 18.4 Å². The molecule has 0 aromatic heterocycles. The van der Waals surface area contributed by atoms with Gasteiger partial charge in [-0.15, -0.1) is 0 Å². The lowest BCUT2D eigenvalue weighted by Crippen LogP contribution is -2.27. The minimum atomic E-state index is -2.85. The van der Waals surface area contributed by atoms with Crippen molar-refractivity contribution in [2.45, 2.75) is 25.3 Å². The van der Waals surface area contributed by atoms with Crippen LogP contribution in [-0.4, -0.2) is 28.9 Å². The van der Waals surface area contributed by atoms with Crippen LogP contribution in [0.15, 0.2) is 22.7 Å². The predicted octanol–water partition coefficient (Wildman–Crippen LogP) is 2.91. The molecule has 19 heavy (non-hydrogen) atoms. The van der Waals surface area contributed by atoms with Crippen LogP contribution in [0.3, 0.4) is 0 Å². The molecule has 0 fully saturated rings. The summed E-state index contributed by atoms with van der Waals surface area (Å²) in [7, 11) is -0.910. The summed E-state index contributed by atoms with van der Waals surface area (Å²) >= 11 is 3.29. The van der Waals surface area contributed by atoms with Crippen LogP contribution in [0, 0.1) is 0 Å². The number of alkyl halides is 2. The van der Waals surface area contributed by atoms with Crippen molar-refractivity contribution in [1.82, 2.24) is 5.32 Å². The largest absolute Gasteiger partial charge is 0.434 e. The molecule has 108 valence electrons. The SMILES string of the molecule is CC(CNCc1cc(Br)ccc1OC(F)F)S(C)=O. The predicted molar refractivity (Wildman–Crippen MR) is 76.0 cm³/mol.